The molecule has 3 rings (SSSR count). The minimum Gasteiger partial charge on any atom is -0.449 e. The van der Waals surface area contributed by atoms with Crippen molar-refractivity contribution >= 4 is 40.8 Å². The van der Waals surface area contributed by atoms with Gasteiger partial charge in [0.05, 0.1) is 10.6 Å². The van der Waals surface area contributed by atoms with E-state index in [4.69, 9.17) is 27.9 Å². The number of hydrogen-bond acceptors (Lipinski definition) is 3. The van der Waals surface area contributed by atoms with Crippen molar-refractivity contribution in [3.8, 4) is 0 Å². The van der Waals surface area contributed by atoms with Gasteiger partial charge in [-0.05, 0) is 43.2 Å². The van der Waals surface area contributed by atoms with Crippen molar-refractivity contribution in [2.24, 2.45) is 0 Å². The first-order valence-electron chi connectivity index (χ1n) is 7.52. The number of rotatable bonds is 3. The van der Waals surface area contributed by atoms with Crippen LogP contribution in [0.5, 0.6) is 0 Å². The van der Waals surface area contributed by atoms with E-state index >= 15 is 0 Å². The van der Waals surface area contributed by atoms with Crippen molar-refractivity contribution < 1.29 is 14.3 Å². The first-order valence-corrected chi connectivity index (χ1v) is 8.28. The molecule has 124 valence electrons. The molecule has 1 heterocycles. The van der Waals surface area contributed by atoms with Crippen molar-refractivity contribution in [2.45, 2.75) is 19.4 Å². The molecule has 0 aromatic heterocycles. The monoisotopic (exact) mass is 363 g/mol. The summed E-state index contributed by atoms with van der Waals surface area (Å²) >= 11 is 11.9. The number of amides is 1. The minimum atomic E-state index is -0.918. The Labute approximate surface area is 149 Å². The highest BCUT2D eigenvalue weighted by Crippen LogP contribution is 2.28. The molecule has 0 saturated heterocycles. The van der Waals surface area contributed by atoms with Gasteiger partial charge in [-0.15, -0.1) is 0 Å². The molecule has 1 amide bonds. The highest BCUT2D eigenvalue weighted by atomic mass is 35.5. The number of fused-ring (bicyclic) bond motifs is 1. The van der Waals surface area contributed by atoms with Crippen molar-refractivity contribution in [3.63, 3.8) is 0 Å². The Morgan fingerprint density at radius 1 is 1.17 bits per heavy atom. The summed E-state index contributed by atoms with van der Waals surface area (Å²) in [5, 5.41) is 0.606. The number of nitrogens with zero attached hydrogens (tertiary/aromatic N) is 1. The van der Waals surface area contributed by atoms with Crippen molar-refractivity contribution in [1.82, 2.24) is 0 Å². The Kier molecular flexibility index (Phi) is 4.78. The molecule has 0 spiro atoms. The van der Waals surface area contributed by atoms with Crippen LogP contribution < -0.4 is 4.90 Å². The van der Waals surface area contributed by atoms with Crippen LogP contribution in [0.1, 0.15) is 22.8 Å². The first-order chi connectivity index (χ1) is 11.5. The maximum atomic E-state index is 12.6. The van der Waals surface area contributed by atoms with E-state index in [1.165, 1.54) is 12.1 Å². The second-order valence-electron chi connectivity index (χ2n) is 5.54. The van der Waals surface area contributed by atoms with Gasteiger partial charge >= 0.3 is 5.97 Å². The topological polar surface area (TPSA) is 46.6 Å². The van der Waals surface area contributed by atoms with Gasteiger partial charge in [-0.3, -0.25) is 4.79 Å². The van der Waals surface area contributed by atoms with E-state index in [9.17, 15) is 9.59 Å². The lowest BCUT2D eigenvalue weighted by atomic mass is 10.2. The van der Waals surface area contributed by atoms with Gasteiger partial charge in [-0.25, -0.2) is 4.79 Å². The number of halogens is 2. The average Bonchev–Trinajstić information content (AvgIpc) is 3.00. The van der Waals surface area contributed by atoms with Crippen LogP contribution in [0, 0.1) is 0 Å². The maximum Gasteiger partial charge on any atom is 0.340 e. The summed E-state index contributed by atoms with van der Waals surface area (Å²) in [6.07, 6.45) is -0.124. The number of carbonyl (C=O) groups excluding carboxylic acids is 2. The van der Waals surface area contributed by atoms with Crippen LogP contribution >= 0.6 is 23.2 Å². The highest BCUT2D eigenvalue weighted by molar-refractivity contribution is 6.35. The Morgan fingerprint density at radius 3 is 2.71 bits per heavy atom. The van der Waals surface area contributed by atoms with Crippen LogP contribution in [0.4, 0.5) is 5.69 Å². The zero-order chi connectivity index (χ0) is 17.3. The number of carbonyl (C=O) groups is 2. The average molecular weight is 364 g/mol. The molecule has 1 atom stereocenters. The van der Waals surface area contributed by atoms with Crippen molar-refractivity contribution in [1.29, 1.82) is 0 Å². The zero-order valence-corrected chi connectivity index (χ0v) is 14.5. The summed E-state index contributed by atoms with van der Waals surface area (Å²) < 4.78 is 5.29. The molecule has 0 saturated carbocycles. The van der Waals surface area contributed by atoms with E-state index in [0.717, 1.165) is 17.7 Å². The lowest BCUT2D eigenvalue weighted by Gasteiger charge is -2.21. The van der Waals surface area contributed by atoms with E-state index in [1.54, 1.807) is 17.9 Å². The molecule has 0 radical (unpaired) electrons. The zero-order valence-electron chi connectivity index (χ0n) is 13.0. The Morgan fingerprint density at radius 2 is 1.92 bits per heavy atom. The largest absolute Gasteiger partial charge is 0.449 e. The predicted octanol–water partition coefficient (Wildman–Crippen LogP) is 4.13. The highest BCUT2D eigenvalue weighted by Gasteiger charge is 2.30. The lowest BCUT2D eigenvalue weighted by molar-refractivity contribution is -0.126. The third-order valence-electron chi connectivity index (χ3n) is 3.93. The van der Waals surface area contributed by atoms with E-state index < -0.39 is 12.1 Å². The third-order valence-corrected chi connectivity index (χ3v) is 4.50. The van der Waals surface area contributed by atoms with Crippen LogP contribution in [0.15, 0.2) is 42.5 Å². The molecule has 6 heteroatoms. The number of esters is 1. The number of ether oxygens (including phenoxy) is 1. The molecule has 2 aromatic carbocycles. The second-order valence-corrected chi connectivity index (χ2v) is 6.38. The fraction of sp³-hybridized carbons (Fsp3) is 0.222. The molecule has 0 fully saturated rings. The van der Waals surface area contributed by atoms with Gasteiger partial charge in [0.1, 0.15) is 0 Å². The lowest BCUT2D eigenvalue weighted by Crippen LogP contribution is -2.39. The Hall–Kier alpha value is -2.04. The van der Waals surface area contributed by atoms with Crippen LogP contribution in [-0.2, 0) is 16.0 Å². The van der Waals surface area contributed by atoms with Gasteiger partial charge in [0.25, 0.3) is 5.91 Å². The number of para-hydroxylation sites is 1. The van der Waals surface area contributed by atoms with Crippen LogP contribution in [0.25, 0.3) is 0 Å². The van der Waals surface area contributed by atoms with Gasteiger partial charge in [0.2, 0.25) is 0 Å². The third kappa shape index (κ3) is 3.25. The number of anilines is 1. The van der Waals surface area contributed by atoms with Crippen molar-refractivity contribution in [2.75, 3.05) is 11.4 Å². The van der Waals surface area contributed by atoms with Gasteiger partial charge in [0, 0.05) is 17.3 Å². The molecule has 4 nitrogen and oxygen atoms in total. The summed E-state index contributed by atoms with van der Waals surface area (Å²) in [5.74, 6) is -0.928. The molecule has 0 aliphatic carbocycles. The molecule has 0 unspecified atom stereocenters. The van der Waals surface area contributed by atoms with E-state index in [-0.39, 0.29) is 16.5 Å². The van der Waals surface area contributed by atoms with E-state index in [1.807, 2.05) is 24.3 Å². The fourth-order valence-electron chi connectivity index (χ4n) is 2.71. The fourth-order valence-corrected chi connectivity index (χ4v) is 3.08. The van der Waals surface area contributed by atoms with Crippen LogP contribution in [0.2, 0.25) is 10.0 Å². The van der Waals surface area contributed by atoms with Crippen LogP contribution in [0.3, 0.4) is 0 Å². The molecular formula is C18H15Cl2NO3. The molecule has 0 N–H and O–H groups in total. The van der Waals surface area contributed by atoms with E-state index in [2.05, 4.69) is 0 Å². The standard InChI is InChI=1S/C18H15Cl2NO3/c1-11(24-18(23)14-10-13(19)6-7-15(14)20)17(22)21-9-8-12-4-2-3-5-16(12)21/h2-7,10-11H,8-9H2,1H3/t11-/m1/s1. The number of hydrogen-bond donors (Lipinski definition) is 0. The maximum absolute atomic E-state index is 12.6. The van der Waals surface area contributed by atoms with Gasteiger partial charge in [-0.1, -0.05) is 41.4 Å². The van der Waals surface area contributed by atoms with Crippen molar-refractivity contribution in [3.05, 3.63) is 63.6 Å². The molecule has 2 aromatic rings. The summed E-state index contributed by atoms with van der Waals surface area (Å²) in [4.78, 5) is 26.5. The molecule has 24 heavy (non-hydrogen) atoms. The Bertz CT molecular complexity index is 807. The summed E-state index contributed by atoms with van der Waals surface area (Å²) in [6, 6.07) is 12.2. The summed E-state index contributed by atoms with van der Waals surface area (Å²) in [5.41, 5.74) is 2.12. The molecule has 0 bridgehead atoms. The number of benzene rings is 2. The minimum absolute atomic E-state index is 0.144. The molecule has 1 aliphatic heterocycles. The van der Waals surface area contributed by atoms with Gasteiger partial charge in [0.15, 0.2) is 6.10 Å². The Balaban J connectivity index is 1.73. The first kappa shape index (κ1) is 16.8. The summed E-state index contributed by atoms with van der Waals surface area (Å²) in [6.45, 7) is 2.14. The normalized spacial score (nSPS) is 14.2. The smallest absolute Gasteiger partial charge is 0.340 e. The van der Waals surface area contributed by atoms with Crippen LogP contribution in [-0.4, -0.2) is 24.5 Å². The SMILES string of the molecule is C[C@@H](OC(=O)c1cc(Cl)ccc1Cl)C(=O)N1CCc2ccccc21. The van der Waals surface area contributed by atoms with Gasteiger partial charge < -0.3 is 9.64 Å². The quantitative estimate of drug-likeness (QED) is 0.770. The molecular weight excluding hydrogens is 349 g/mol. The van der Waals surface area contributed by atoms with E-state index in [0.29, 0.717) is 11.6 Å². The predicted molar refractivity (Wildman–Crippen MR) is 93.8 cm³/mol. The summed E-state index contributed by atoms with van der Waals surface area (Å²) in [7, 11) is 0. The molecule has 1 aliphatic rings. The second kappa shape index (κ2) is 6.83. The van der Waals surface area contributed by atoms with Gasteiger partial charge in [-0.2, -0.15) is 0 Å².